The van der Waals surface area contributed by atoms with E-state index in [0.29, 0.717) is 17.9 Å². The third-order valence-corrected chi connectivity index (χ3v) is 6.47. The van der Waals surface area contributed by atoms with E-state index in [2.05, 4.69) is 13.8 Å². The molecule has 4 nitrogen and oxygen atoms in total. The Morgan fingerprint density at radius 2 is 1.45 bits per heavy atom. The largest absolute Gasteiger partial charge is 0.462 e. The van der Waals surface area contributed by atoms with Gasteiger partial charge < -0.3 is 9.47 Å². The molecule has 5 heteroatoms. The van der Waals surface area contributed by atoms with Gasteiger partial charge in [0.25, 0.3) is 0 Å². The second kappa shape index (κ2) is 16.5. The molecule has 2 aromatic rings. The monoisotopic (exact) mass is 472 g/mol. The van der Waals surface area contributed by atoms with Crippen molar-refractivity contribution in [2.75, 3.05) is 6.61 Å². The molecule has 0 amide bonds. The maximum absolute atomic E-state index is 13.1. The third-order valence-electron chi connectivity index (χ3n) is 5.81. The van der Waals surface area contributed by atoms with Crippen LogP contribution >= 0.6 is 11.3 Å². The smallest absolute Gasteiger partial charge is 0.344 e. The van der Waals surface area contributed by atoms with Gasteiger partial charge in [0, 0.05) is 5.38 Å². The lowest BCUT2D eigenvalue weighted by molar-refractivity contribution is 0.0488. The molecule has 182 valence electrons. The number of rotatable bonds is 17. The van der Waals surface area contributed by atoms with Crippen molar-refractivity contribution in [2.45, 2.75) is 97.3 Å². The van der Waals surface area contributed by atoms with E-state index in [1.54, 1.807) is 17.5 Å². The average molecular weight is 473 g/mol. The van der Waals surface area contributed by atoms with Crippen LogP contribution in [0.2, 0.25) is 0 Å². The van der Waals surface area contributed by atoms with Crippen molar-refractivity contribution in [3.8, 4) is 5.75 Å². The molecule has 1 aromatic carbocycles. The molecule has 0 atom stereocenters. The lowest BCUT2D eigenvalue weighted by Crippen LogP contribution is -2.18. The molecule has 1 heterocycles. The van der Waals surface area contributed by atoms with E-state index in [9.17, 15) is 9.59 Å². The zero-order valence-corrected chi connectivity index (χ0v) is 21.2. The number of benzene rings is 1. The summed E-state index contributed by atoms with van der Waals surface area (Å²) in [4.78, 5) is 26.0. The molecule has 0 bridgehead atoms. The number of unbranched alkanes of at least 4 members (excludes halogenated alkanes) is 10. The van der Waals surface area contributed by atoms with Crippen molar-refractivity contribution in [2.24, 2.45) is 0 Å². The first-order valence-electron chi connectivity index (χ1n) is 12.7. The van der Waals surface area contributed by atoms with Gasteiger partial charge in [0.2, 0.25) is 0 Å². The van der Waals surface area contributed by atoms with Crippen molar-refractivity contribution >= 4 is 23.3 Å². The molecule has 1 aromatic heterocycles. The molecule has 0 aliphatic rings. The summed E-state index contributed by atoms with van der Waals surface area (Å²) in [5.74, 6) is -0.426. The van der Waals surface area contributed by atoms with Crippen LogP contribution in [0.3, 0.4) is 0 Å². The first-order chi connectivity index (χ1) is 16.2. The molecule has 0 saturated heterocycles. The summed E-state index contributed by atoms with van der Waals surface area (Å²) in [6.07, 6.45) is 14.6. The number of ether oxygens (including phenoxy) is 2. The number of thiophene rings is 1. The lowest BCUT2D eigenvalue weighted by Gasteiger charge is -2.14. The van der Waals surface area contributed by atoms with Crippen LogP contribution in [-0.4, -0.2) is 18.5 Å². The van der Waals surface area contributed by atoms with Gasteiger partial charge >= 0.3 is 11.9 Å². The summed E-state index contributed by atoms with van der Waals surface area (Å²) >= 11 is 1.46. The predicted octanol–water partition coefficient (Wildman–Crippen LogP) is 8.39. The molecular formula is C28H40O4S. The van der Waals surface area contributed by atoms with Gasteiger partial charge in [-0.2, -0.15) is 0 Å². The number of aryl methyl sites for hydroxylation is 1. The van der Waals surface area contributed by atoms with Gasteiger partial charge in [0.1, 0.15) is 5.75 Å². The second-order valence-electron chi connectivity index (χ2n) is 8.61. The Balaban J connectivity index is 2.04. The van der Waals surface area contributed by atoms with E-state index in [0.717, 1.165) is 44.1 Å². The molecule has 0 radical (unpaired) electrons. The summed E-state index contributed by atoms with van der Waals surface area (Å²) in [6, 6.07) is 7.19. The van der Waals surface area contributed by atoms with Crippen LogP contribution in [0.4, 0.5) is 0 Å². The standard InChI is InChI=1S/C28H40O4S/c1-3-5-7-9-11-13-16-23-17-15-18-25(27(29)32-24-19-21-33-22-24)26(23)28(30)31-20-14-12-10-8-6-4-2/h15,17-19,21-22H,3-14,16,20H2,1-2H3. The number of hydrogen-bond donors (Lipinski definition) is 0. The predicted molar refractivity (Wildman–Crippen MR) is 136 cm³/mol. The minimum atomic E-state index is -0.510. The van der Waals surface area contributed by atoms with Crippen molar-refractivity contribution in [3.63, 3.8) is 0 Å². The quantitative estimate of drug-likeness (QED) is 0.171. The molecule has 0 saturated carbocycles. The molecule has 0 spiro atoms. The maximum Gasteiger partial charge on any atom is 0.344 e. The van der Waals surface area contributed by atoms with Gasteiger partial charge in [0.15, 0.2) is 0 Å². The lowest BCUT2D eigenvalue weighted by atomic mass is 9.96. The van der Waals surface area contributed by atoms with E-state index in [4.69, 9.17) is 9.47 Å². The van der Waals surface area contributed by atoms with Crippen molar-refractivity contribution < 1.29 is 19.1 Å². The van der Waals surface area contributed by atoms with Crippen LogP contribution < -0.4 is 4.74 Å². The normalized spacial score (nSPS) is 10.8. The summed E-state index contributed by atoms with van der Waals surface area (Å²) in [6.45, 7) is 4.80. The van der Waals surface area contributed by atoms with Crippen molar-refractivity contribution in [1.29, 1.82) is 0 Å². The highest BCUT2D eigenvalue weighted by atomic mass is 32.1. The van der Waals surface area contributed by atoms with E-state index in [-0.39, 0.29) is 5.56 Å². The Bertz CT molecular complexity index is 813. The molecule has 33 heavy (non-hydrogen) atoms. The zero-order chi connectivity index (χ0) is 23.7. The fourth-order valence-electron chi connectivity index (χ4n) is 3.91. The molecule has 0 fully saturated rings. The number of hydrogen-bond acceptors (Lipinski definition) is 5. The van der Waals surface area contributed by atoms with Crippen LogP contribution in [-0.2, 0) is 11.2 Å². The maximum atomic E-state index is 13.1. The van der Waals surface area contributed by atoms with E-state index < -0.39 is 11.9 Å². The number of carbonyl (C=O) groups excluding carboxylic acids is 2. The molecule has 0 aliphatic carbocycles. The van der Waals surface area contributed by atoms with Gasteiger partial charge in [-0.05, 0) is 42.3 Å². The van der Waals surface area contributed by atoms with Gasteiger partial charge in [0.05, 0.1) is 17.7 Å². The van der Waals surface area contributed by atoms with Crippen LogP contribution in [0.1, 0.15) is 117 Å². The highest BCUT2D eigenvalue weighted by Crippen LogP contribution is 2.23. The van der Waals surface area contributed by atoms with Crippen molar-refractivity contribution in [1.82, 2.24) is 0 Å². The third kappa shape index (κ3) is 10.1. The van der Waals surface area contributed by atoms with Crippen LogP contribution in [0.5, 0.6) is 5.75 Å². The molecular weight excluding hydrogens is 432 g/mol. The SMILES string of the molecule is CCCCCCCCOC(=O)c1c(CCCCCCCC)cccc1C(=O)Oc1ccsc1. The fourth-order valence-corrected chi connectivity index (χ4v) is 4.46. The van der Waals surface area contributed by atoms with Gasteiger partial charge in [-0.3, -0.25) is 0 Å². The van der Waals surface area contributed by atoms with Crippen LogP contribution in [0.25, 0.3) is 0 Å². The Morgan fingerprint density at radius 1 is 0.788 bits per heavy atom. The molecule has 0 N–H and O–H groups in total. The average Bonchev–Trinajstić information content (AvgIpc) is 3.33. The summed E-state index contributed by atoms with van der Waals surface area (Å²) in [7, 11) is 0. The first-order valence-corrected chi connectivity index (χ1v) is 13.6. The summed E-state index contributed by atoms with van der Waals surface area (Å²) in [5.41, 5.74) is 1.54. The highest BCUT2D eigenvalue weighted by Gasteiger charge is 2.23. The Hall–Kier alpha value is -2.14. The van der Waals surface area contributed by atoms with Crippen LogP contribution in [0.15, 0.2) is 35.0 Å². The summed E-state index contributed by atoms with van der Waals surface area (Å²) in [5, 5.41) is 3.63. The van der Waals surface area contributed by atoms with Gasteiger partial charge in [-0.1, -0.05) is 90.2 Å². The first kappa shape index (κ1) is 27.1. The van der Waals surface area contributed by atoms with E-state index >= 15 is 0 Å². The molecule has 0 aliphatic heterocycles. The van der Waals surface area contributed by atoms with Crippen LogP contribution in [0, 0.1) is 0 Å². The van der Waals surface area contributed by atoms with Gasteiger partial charge in [-0.15, -0.1) is 11.3 Å². The minimum Gasteiger partial charge on any atom is -0.462 e. The Kier molecular flexibility index (Phi) is 13.5. The second-order valence-corrected chi connectivity index (χ2v) is 9.39. The van der Waals surface area contributed by atoms with Gasteiger partial charge in [-0.25, -0.2) is 9.59 Å². The topological polar surface area (TPSA) is 52.6 Å². The van der Waals surface area contributed by atoms with Crippen molar-refractivity contribution in [3.05, 3.63) is 51.7 Å². The fraction of sp³-hybridized carbons (Fsp3) is 0.571. The molecule has 2 rings (SSSR count). The summed E-state index contributed by atoms with van der Waals surface area (Å²) < 4.78 is 11.1. The zero-order valence-electron chi connectivity index (χ0n) is 20.4. The Morgan fingerprint density at radius 3 is 2.12 bits per heavy atom. The Labute approximate surface area is 203 Å². The molecule has 0 unspecified atom stereocenters. The van der Waals surface area contributed by atoms with E-state index in [1.165, 1.54) is 56.3 Å². The minimum absolute atomic E-state index is 0.289. The highest BCUT2D eigenvalue weighted by molar-refractivity contribution is 7.08. The number of carbonyl (C=O) groups is 2. The number of esters is 2. The van der Waals surface area contributed by atoms with E-state index in [1.807, 2.05) is 17.5 Å².